The molecule has 0 spiro atoms. The van der Waals surface area contributed by atoms with Crippen molar-refractivity contribution in [3.05, 3.63) is 194 Å². The SMILES string of the molecule is c1ccc2sc(-c3c4c(c(-c5cc6ccccc6s5)c5c3ccc3c6cc7c(cc6ccc35)-c3cc5ccccc5c5cccc-7c35)-c3cccc5c3c-4cc3ccccc35)cc2c1. The Morgan fingerprint density at radius 3 is 1.41 bits per heavy atom. The molecule has 12 aromatic carbocycles. The van der Waals surface area contributed by atoms with Crippen LogP contribution in [0.15, 0.2) is 194 Å². The van der Waals surface area contributed by atoms with Crippen molar-refractivity contribution in [1.29, 1.82) is 0 Å². The van der Waals surface area contributed by atoms with Crippen LogP contribution in [0.25, 0.3) is 161 Å². The Morgan fingerprint density at radius 2 is 0.703 bits per heavy atom. The second-order valence-corrected chi connectivity index (χ2v) is 20.0. The van der Waals surface area contributed by atoms with Crippen LogP contribution in [0.4, 0.5) is 0 Å². The maximum absolute atomic E-state index is 2.51. The average Bonchev–Trinajstić information content (AvgIpc) is 4.13. The van der Waals surface area contributed by atoms with Crippen LogP contribution in [0.1, 0.15) is 0 Å². The van der Waals surface area contributed by atoms with Gasteiger partial charge in [0.15, 0.2) is 0 Å². The molecule has 0 amide bonds. The molecule has 0 atom stereocenters. The van der Waals surface area contributed by atoms with Gasteiger partial charge in [-0.05, 0) is 168 Å². The van der Waals surface area contributed by atoms with E-state index in [1.807, 2.05) is 22.7 Å². The van der Waals surface area contributed by atoms with E-state index in [0.717, 1.165) is 0 Å². The van der Waals surface area contributed by atoms with Crippen LogP contribution >= 0.6 is 22.7 Å². The molecule has 0 aliphatic heterocycles. The highest BCUT2D eigenvalue weighted by Crippen LogP contribution is 2.61. The van der Waals surface area contributed by atoms with Gasteiger partial charge in [0.25, 0.3) is 0 Å². The lowest BCUT2D eigenvalue weighted by Crippen LogP contribution is -1.93. The van der Waals surface area contributed by atoms with E-state index in [4.69, 9.17) is 0 Å². The van der Waals surface area contributed by atoms with Gasteiger partial charge in [-0.1, -0.05) is 146 Å². The molecule has 0 radical (unpaired) electrons. The third-order valence-electron chi connectivity index (χ3n) is 14.7. The van der Waals surface area contributed by atoms with Crippen molar-refractivity contribution < 1.29 is 0 Å². The molecule has 14 aromatic rings. The molecule has 0 unspecified atom stereocenters. The van der Waals surface area contributed by atoms with E-state index >= 15 is 0 Å². The van der Waals surface area contributed by atoms with Crippen molar-refractivity contribution in [3.63, 3.8) is 0 Å². The monoisotopic (exact) mass is 840 g/mol. The molecule has 0 saturated carbocycles. The van der Waals surface area contributed by atoms with E-state index < -0.39 is 0 Å². The fourth-order valence-electron chi connectivity index (χ4n) is 12.0. The molecule has 16 rings (SSSR count). The third kappa shape index (κ3) is 4.28. The highest BCUT2D eigenvalue weighted by molar-refractivity contribution is 7.23. The summed E-state index contributed by atoms with van der Waals surface area (Å²) in [5, 5.41) is 21.0. The van der Waals surface area contributed by atoms with Gasteiger partial charge in [-0.3, -0.25) is 0 Å². The number of hydrogen-bond acceptors (Lipinski definition) is 2. The summed E-state index contributed by atoms with van der Waals surface area (Å²) in [6.07, 6.45) is 0. The first-order valence-corrected chi connectivity index (χ1v) is 23.8. The van der Waals surface area contributed by atoms with Gasteiger partial charge in [0, 0.05) is 41.4 Å². The molecule has 2 aliphatic carbocycles. The standard InChI is InChI=1S/C62H32S2/c1-5-15-38-33(11-1)28-50-48-27-35-23-24-44-40(47(35)32-49(48)43-19-9-17-41(38)56(43)50)25-26-46-58(44)62(55-31-37-14-4-8-22-53(37)64-55)60-45-20-10-18-42-39-16-6-2-12-34(39)29-51(57(42)45)61(60)59(46)54-30-36-13-3-7-21-52(36)63-54/h1-32H. The van der Waals surface area contributed by atoms with Crippen LogP contribution in [-0.4, -0.2) is 0 Å². The number of hydrogen-bond donors (Lipinski definition) is 0. The largest absolute Gasteiger partial charge is 0.135 e. The predicted molar refractivity (Wildman–Crippen MR) is 279 cm³/mol. The molecule has 2 aromatic heterocycles. The molecular formula is C62H32S2. The fourth-order valence-corrected chi connectivity index (χ4v) is 14.3. The first-order valence-electron chi connectivity index (χ1n) is 22.1. The van der Waals surface area contributed by atoms with Crippen molar-refractivity contribution in [2.24, 2.45) is 0 Å². The zero-order valence-electron chi connectivity index (χ0n) is 34.3. The summed E-state index contributed by atoms with van der Waals surface area (Å²) >= 11 is 3.85. The van der Waals surface area contributed by atoms with Crippen molar-refractivity contribution in [3.8, 4) is 65.4 Å². The van der Waals surface area contributed by atoms with Gasteiger partial charge in [0.2, 0.25) is 0 Å². The highest BCUT2D eigenvalue weighted by atomic mass is 32.1. The van der Waals surface area contributed by atoms with Gasteiger partial charge < -0.3 is 0 Å². The van der Waals surface area contributed by atoms with Crippen LogP contribution in [0, 0.1) is 0 Å². The van der Waals surface area contributed by atoms with Crippen molar-refractivity contribution in [1.82, 2.24) is 0 Å². The number of rotatable bonds is 2. The van der Waals surface area contributed by atoms with Gasteiger partial charge in [-0.25, -0.2) is 0 Å². The third-order valence-corrected chi connectivity index (χ3v) is 16.9. The molecule has 0 nitrogen and oxygen atoms in total. The molecular weight excluding hydrogens is 809 g/mol. The van der Waals surface area contributed by atoms with Crippen LogP contribution in [-0.2, 0) is 0 Å². The number of fused-ring (bicyclic) bond motifs is 17. The smallest absolute Gasteiger partial charge is 0.0368 e. The molecule has 0 fully saturated rings. The number of thiophene rings is 2. The van der Waals surface area contributed by atoms with Crippen molar-refractivity contribution in [2.45, 2.75) is 0 Å². The quantitative estimate of drug-likeness (QED) is 0.152. The highest BCUT2D eigenvalue weighted by Gasteiger charge is 2.33. The second kappa shape index (κ2) is 12.1. The summed E-state index contributed by atoms with van der Waals surface area (Å²) in [6.45, 7) is 0. The fraction of sp³-hybridized carbons (Fsp3) is 0. The minimum Gasteiger partial charge on any atom is -0.135 e. The van der Waals surface area contributed by atoms with E-state index in [0.29, 0.717) is 0 Å². The van der Waals surface area contributed by atoms with E-state index in [9.17, 15) is 0 Å². The number of benzene rings is 12. The van der Waals surface area contributed by atoms with Crippen LogP contribution in [0.3, 0.4) is 0 Å². The van der Waals surface area contributed by atoms with Gasteiger partial charge in [-0.15, -0.1) is 22.7 Å². The summed E-state index contributed by atoms with van der Waals surface area (Å²) in [6, 6.07) is 74.1. The van der Waals surface area contributed by atoms with Gasteiger partial charge in [0.05, 0.1) is 0 Å². The van der Waals surface area contributed by atoms with Gasteiger partial charge in [-0.2, -0.15) is 0 Å². The Bertz CT molecular complexity index is 4410. The lowest BCUT2D eigenvalue weighted by molar-refractivity contribution is 1.73. The lowest BCUT2D eigenvalue weighted by Gasteiger charge is -2.21. The Kier molecular flexibility index (Phi) is 6.41. The molecule has 64 heavy (non-hydrogen) atoms. The summed E-state index contributed by atoms with van der Waals surface area (Å²) in [7, 11) is 0. The first kappa shape index (κ1) is 33.9. The van der Waals surface area contributed by atoms with Crippen LogP contribution in [0.2, 0.25) is 0 Å². The molecule has 2 aliphatic rings. The Labute approximate surface area is 375 Å². The Hall–Kier alpha value is -7.62. The van der Waals surface area contributed by atoms with E-state index in [1.165, 1.54) is 161 Å². The van der Waals surface area contributed by atoms with Crippen molar-refractivity contribution in [2.75, 3.05) is 0 Å². The predicted octanol–water partition coefficient (Wildman–Crippen LogP) is 18.8. The Balaban J connectivity index is 1.09. The molecule has 0 bridgehead atoms. The average molecular weight is 841 g/mol. The van der Waals surface area contributed by atoms with E-state index in [2.05, 4.69) is 194 Å². The summed E-state index contributed by atoms with van der Waals surface area (Å²) in [4.78, 5) is 2.63. The van der Waals surface area contributed by atoms with Crippen molar-refractivity contribution >= 4 is 118 Å². The van der Waals surface area contributed by atoms with E-state index in [-0.39, 0.29) is 0 Å². The maximum Gasteiger partial charge on any atom is 0.0368 e. The molecule has 292 valence electrons. The first-order chi connectivity index (χ1) is 31.7. The molecule has 2 heterocycles. The molecule has 0 saturated heterocycles. The molecule has 0 N–H and O–H groups in total. The Morgan fingerprint density at radius 1 is 0.219 bits per heavy atom. The van der Waals surface area contributed by atoms with E-state index in [1.54, 1.807) is 0 Å². The van der Waals surface area contributed by atoms with Crippen LogP contribution < -0.4 is 0 Å². The summed E-state index contributed by atoms with van der Waals surface area (Å²) in [5.74, 6) is 0. The topological polar surface area (TPSA) is 0 Å². The minimum atomic E-state index is 1.28. The normalized spacial score (nSPS) is 12.7. The second-order valence-electron chi connectivity index (χ2n) is 17.8. The van der Waals surface area contributed by atoms with Gasteiger partial charge >= 0.3 is 0 Å². The summed E-state index contributed by atoms with van der Waals surface area (Å²) < 4.78 is 2.63. The lowest BCUT2D eigenvalue weighted by atomic mass is 9.83. The minimum absolute atomic E-state index is 1.28. The zero-order valence-corrected chi connectivity index (χ0v) is 35.9. The van der Waals surface area contributed by atoms with Gasteiger partial charge in [0.1, 0.15) is 0 Å². The summed E-state index contributed by atoms with van der Waals surface area (Å²) in [5.41, 5.74) is 13.4. The maximum atomic E-state index is 2.51. The molecule has 2 heteroatoms. The van der Waals surface area contributed by atoms with Crippen LogP contribution in [0.5, 0.6) is 0 Å². The zero-order chi connectivity index (χ0) is 41.4.